The smallest absolute Gasteiger partial charge is 0.243 e. The van der Waals surface area contributed by atoms with E-state index in [-0.39, 0.29) is 28.4 Å². The molecule has 29 heavy (non-hydrogen) atoms. The summed E-state index contributed by atoms with van der Waals surface area (Å²) >= 11 is 3.95. The molecular weight excluding hydrogens is 442 g/mol. The summed E-state index contributed by atoms with van der Waals surface area (Å²) in [4.78, 5) is -0.632. The Balaban J connectivity index is 1.94. The summed E-state index contributed by atoms with van der Waals surface area (Å²) in [6.07, 6.45) is 2.25. The molecule has 0 fully saturated rings. The summed E-state index contributed by atoms with van der Waals surface area (Å²) in [7, 11) is -4.28. The Kier molecular flexibility index (Phi) is 6.00. The van der Waals surface area contributed by atoms with Crippen LogP contribution < -0.4 is 15.8 Å². The van der Waals surface area contributed by atoms with Crippen molar-refractivity contribution in [3.63, 3.8) is 0 Å². The van der Waals surface area contributed by atoms with E-state index in [0.717, 1.165) is 5.56 Å². The molecule has 1 aromatic carbocycles. The molecule has 0 saturated heterocycles. The number of primary sulfonamides is 1. The highest BCUT2D eigenvalue weighted by atomic mass is 35.5. The number of aromatic hydroxyl groups is 1. The van der Waals surface area contributed by atoms with Crippen molar-refractivity contribution in [3.8, 4) is 5.75 Å². The number of aromatic nitrogens is 2. The van der Waals surface area contributed by atoms with Gasteiger partial charge in [-0.2, -0.15) is 0 Å². The van der Waals surface area contributed by atoms with Crippen molar-refractivity contribution >= 4 is 50.1 Å². The molecule has 0 aliphatic carbocycles. The second-order valence-corrected chi connectivity index (χ2v) is 8.92. The Labute approximate surface area is 174 Å². The van der Waals surface area contributed by atoms with Crippen LogP contribution in [0.5, 0.6) is 5.75 Å². The Bertz CT molecular complexity index is 1140. The van der Waals surface area contributed by atoms with Gasteiger partial charge in [-0.1, -0.05) is 18.5 Å². The van der Waals surface area contributed by atoms with E-state index < -0.39 is 31.8 Å². The molecule has 156 valence electrons. The van der Waals surface area contributed by atoms with E-state index in [2.05, 4.69) is 19.4 Å². The van der Waals surface area contributed by atoms with Crippen LogP contribution in [0.1, 0.15) is 30.7 Å². The van der Waals surface area contributed by atoms with Gasteiger partial charge in [0.05, 0.1) is 23.0 Å². The first-order valence-corrected chi connectivity index (χ1v) is 11.3. The second-order valence-electron chi connectivity index (χ2n) is 6.18. The number of hydrogen-bond acceptors (Lipinski definition) is 9. The number of halogens is 1. The highest BCUT2D eigenvalue weighted by molar-refractivity contribution is 7.89. The van der Waals surface area contributed by atoms with Gasteiger partial charge in [-0.3, -0.25) is 0 Å². The fourth-order valence-corrected chi connectivity index (χ4v) is 4.48. The van der Waals surface area contributed by atoms with Crippen molar-refractivity contribution in [2.45, 2.75) is 31.2 Å². The van der Waals surface area contributed by atoms with Crippen molar-refractivity contribution in [1.82, 2.24) is 8.75 Å². The lowest BCUT2D eigenvalue weighted by Gasteiger charge is -2.14. The van der Waals surface area contributed by atoms with Gasteiger partial charge in [-0.25, -0.2) is 13.6 Å². The van der Waals surface area contributed by atoms with E-state index in [4.69, 9.17) is 21.2 Å². The maximum absolute atomic E-state index is 11.9. The van der Waals surface area contributed by atoms with Gasteiger partial charge < -0.3 is 24.7 Å². The predicted octanol–water partition coefficient (Wildman–Crippen LogP) is 3.42. The van der Waals surface area contributed by atoms with Crippen molar-refractivity contribution in [2.24, 2.45) is 5.14 Å². The average Bonchev–Trinajstić information content (AvgIpc) is 3.19. The molecule has 0 bridgehead atoms. The second kappa shape index (κ2) is 8.16. The Morgan fingerprint density at radius 3 is 2.66 bits per heavy atom. The zero-order chi connectivity index (χ0) is 21.3. The van der Waals surface area contributed by atoms with Crippen molar-refractivity contribution < 1.29 is 22.5 Å². The van der Waals surface area contributed by atoms with E-state index in [1.54, 1.807) is 6.26 Å². The molecule has 2 heterocycles. The highest BCUT2D eigenvalue weighted by Gasteiger charge is 2.25. The number of phenolic OH excluding ortho intramolecular Hbond substituents is 1. The number of aryl methyl sites for hydroxylation is 1. The summed E-state index contributed by atoms with van der Waals surface area (Å²) in [6, 6.07) is 4.17. The lowest BCUT2D eigenvalue weighted by molar-refractivity contribution is 0.461. The largest absolute Gasteiger partial charge is 0.546 e. The number of rotatable bonds is 7. The molecule has 2 atom stereocenters. The number of hydrogen-bond donors (Lipinski definition) is 4. The molecule has 0 spiro atoms. The van der Waals surface area contributed by atoms with Crippen LogP contribution in [0.25, 0.3) is 0 Å². The van der Waals surface area contributed by atoms with Gasteiger partial charge >= 0.3 is 0 Å². The zero-order valence-corrected chi connectivity index (χ0v) is 17.7. The molecule has 13 heteroatoms. The lowest BCUT2D eigenvalue weighted by atomic mass is 10.1. The quantitative estimate of drug-likeness (QED) is 0.305. The van der Waals surface area contributed by atoms with Crippen LogP contribution in [-0.2, 0) is 10.0 Å². The number of nitrogens with zero attached hydrogens (tertiary/aromatic N) is 2. The van der Waals surface area contributed by atoms with Gasteiger partial charge in [-0.15, -0.1) is 0 Å². The number of nitrogens with one attached hydrogen (secondary N) is 2. The van der Waals surface area contributed by atoms with E-state index in [1.807, 2.05) is 19.9 Å². The Morgan fingerprint density at radius 2 is 2.07 bits per heavy atom. The molecule has 3 rings (SSSR count). The van der Waals surface area contributed by atoms with Crippen LogP contribution in [-0.4, -0.2) is 26.8 Å². The number of phenols is 1. The number of nitrogens with two attached hydrogens (primary N) is 1. The molecule has 3 aromatic rings. The number of furan rings is 1. The zero-order valence-electron chi connectivity index (χ0n) is 15.3. The minimum atomic E-state index is -4.28. The maximum Gasteiger partial charge on any atom is 0.243 e. The van der Waals surface area contributed by atoms with Crippen LogP contribution >= 0.6 is 22.7 Å². The maximum atomic E-state index is 11.9. The van der Waals surface area contributed by atoms with Crippen molar-refractivity contribution in [3.05, 3.63) is 40.8 Å². The van der Waals surface area contributed by atoms with Gasteiger partial charge in [-0.05, 0) is 37.1 Å². The third-order valence-electron chi connectivity index (χ3n) is 4.00. The van der Waals surface area contributed by atoms with Gasteiger partial charge in [0.2, 0.25) is 21.7 Å². The fraction of sp³-hybridized carbons (Fsp3) is 0.250. The standard InChI is InChI=1S/C16H18ClN5O5S2/c1-3-10(12-6-8(2)7-27-12)19-15-16(22-28(24)21-15)20-11-5-4-9(17)14(13(11)23)29(18,25)26/h4-7,10,23H,3H2,1-2H3,(H,19,21)(H,20,22)(H2,18,25,26)/t10-,28?/m1/s1. The number of sulfonamides is 1. The third kappa shape index (κ3) is 4.62. The summed E-state index contributed by atoms with van der Waals surface area (Å²) in [5.41, 5.74) is 0.901. The molecule has 10 nitrogen and oxygen atoms in total. The van der Waals surface area contributed by atoms with E-state index >= 15 is 0 Å². The van der Waals surface area contributed by atoms with Crippen LogP contribution in [0.3, 0.4) is 0 Å². The number of anilines is 3. The third-order valence-corrected chi connectivity index (χ3v) is 6.08. The summed E-state index contributed by atoms with van der Waals surface area (Å²) < 4.78 is 48.6. The first kappa shape index (κ1) is 21.3. The average molecular weight is 460 g/mol. The molecule has 0 aliphatic rings. The summed E-state index contributed by atoms with van der Waals surface area (Å²) in [5, 5.41) is 21.0. The van der Waals surface area contributed by atoms with Crippen LogP contribution in [0.15, 0.2) is 33.8 Å². The summed E-state index contributed by atoms with van der Waals surface area (Å²) in [6.45, 7) is 3.82. The predicted molar refractivity (Wildman–Crippen MR) is 109 cm³/mol. The van der Waals surface area contributed by atoms with E-state index in [0.29, 0.717) is 12.2 Å². The fourth-order valence-electron chi connectivity index (χ4n) is 2.66. The van der Waals surface area contributed by atoms with E-state index in [1.165, 1.54) is 12.1 Å². The van der Waals surface area contributed by atoms with Crippen molar-refractivity contribution in [2.75, 3.05) is 10.6 Å². The first-order valence-electron chi connectivity index (χ1n) is 8.32. The molecule has 5 N–H and O–H groups in total. The van der Waals surface area contributed by atoms with Crippen LogP contribution in [0.2, 0.25) is 5.02 Å². The van der Waals surface area contributed by atoms with Gasteiger partial charge in [0, 0.05) is 8.75 Å². The minimum Gasteiger partial charge on any atom is -0.546 e. The topological polar surface area (TPSA) is 166 Å². The van der Waals surface area contributed by atoms with Gasteiger partial charge in [0.15, 0.2) is 16.9 Å². The molecule has 0 amide bonds. The molecule has 0 aliphatic heterocycles. The lowest BCUT2D eigenvalue weighted by Crippen LogP contribution is -2.14. The van der Waals surface area contributed by atoms with Gasteiger partial charge in [0.1, 0.15) is 10.7 Å². The highest BCUT2D eigenvalue weighted by Crippen LogP contribution is 2.39. The molecule has 0 saturated carbocycles. The van der Waals surface area contributed by atoms with Crippen molar-refractivity contribution in [1.29, 1.82) is 0 Å². The summed E-state index contributed by atoms with van der Waals surface area (Å²) in [5.74, 6) is 0.183. The molecule has 1 unspecified atom stereocenters. The monoisotopic (exact) mass is 459 g/mol. The van der Waals surface area contributed by atoms with Crippen LogP contribution in [0.4, 0.5) is 17.3 Å². The Morgan fingerprint density at radius 1 is 1.38 bits per heavy atom. The molecule has 2 aromatic heterocycles. The molecule has 0 radical (unpaired) electrons. The normalized spacial score (nSPS) is 13.3. The van der Waals surface area contributed by atoms with Gasteiger partial charge in [0.25, 0.3) is 0 Å². The SMILES string of the molecule is CC[C@@H](Nc1n[s+]([O-])nc1Nc1ccc(Cl)c(S(N)(=O)=O)c1O)c1cc(C)co1. The molecular formula is C16H18ClN5O5S2. The first-order chi connectivity index (χ1) is 13.6. The number of benzene rings is 1. The Hall–Kier alpha value is -2.38. The minimum absolute atomic E-state index is 0.0445. The van der Waals surface area contributed by atoms with E-state index in [9.17, 15) is 18.1 Å². The van der Waals surface area contributed by atoms with Crippen LogP contribution in [0, 0.1) is 6.92 Å².